The van der Waals surface area contributed by atoms with Crippen molar-refractivity contribution in [1.82, 2.24) is 9.78 Å². The maximum absolute atomic E-state index is 10.5. The molecule has 0 saturated carbocycles. The van der Waals surface area contributed by atoms with E-state index in [4.69, 9.17) is 0 Å². The van der Waals surface area contributed by atoms with E-state index in [2.05, 4.69) is 11.2 Å². The molecule has 0 radical (unpaired) electrons. The number of aryl methyl sites for hydroxylation is 1. The van der Waals surface area contributed by atoms with Gasteiger partial charge in [-0.25, -0.2) is 0 Å². The van der Waals surface area contributed by atoms with Crippen LogP contribution in [0.2, 0.25) is 0 Å². The molecule has 1 aromatic heterocycles. The summed E-state index contributed by atoms with van der Waals surface area (Å²) in [7, 11) is 0. The van der Waals surface area contributed by atoms with E-state index >= 15 is 0 Å². The van der Waals surface area contributed by atoms with E-state index in [-0.39, 0.29) is 12.2 Å². The lowest BCUT2D eigenvalue weighted by Gasteiger charge is -2.10. The van der Waals surface area contributed by atoms with Crippen molar-refractivity contribution in [2.45, 2.75) is 24.5 Å². The predicted octanol–water partition coefficient (Wildman–Crippen LogP) is 2.25. The average molecular weight is 293 g/mol. The fraction of sp³-hybridized carbons (Fsp3) is 0.308. The number of hydrogen-bond acceptors (Lipinski definition) is 5. The van der Waals surface area contributed by atoms with Gasteiger partial charge in [0.2, 0.25) is 0 Å². The molecule has 0 bridgehead atoms. The lowest BCUT2D eigenvalue weighted by atomic mass is 10.2. The number of nitro groups is 1. The molecule has 0 amide bonds. The van der Waals surface area contributed by atoms with E-state index in [0.29, 0.717) is 5.75 Å². The van der Waals surface area contributed by atoms with Gasteiger partial charge < -0.3 is 5.11 Å². The maximum atomic E-state index is 10.5. The van der Waals surface area contributed by atoms with Crippen LogP contribution in [0.5, 0.6) is 0 Å². The van der Waals surface area contributed by atoms with Crippen LogP contribution >= 0.6 is 11.8 Å². The molecule has 2 aromatic rings. The molecule has 0 unspecified atom stereocenters. The number of rotatable bonds is 6. The van der Waals surface area contributed by atoms with Crippen molar-refractivity contribution in [1.29, 1.82) is 0 Å². The van der Waals surface area contributed by atoms with Crippen LogP contribution in [0.25, 0.3) is 0 Å². The molecular weight excluding hydrogens is 278 g/mol. The third-order valence-corrected chi connectivity index (χ3v) is 3.80. The Morgan fingerprint density at radius 3 is 3.00 bits per heavy atom. The van der Waals surface area contributed by atoms with Crippen LogP contribution in [0, 0.1) is 17.0 Å². The number of hydrogen-bond donors (Lipinski definition) is 1. The zero-order valence-electron chi connectivity index (χ0n) is 11.0. The Balaban J connectivity index is 1.85. The van der Waals surface area contributed by atoms with Gasteiger partial charge in [-0.2, -0.15) is 5.10 Å². The van der Waals surface area contributed by atoms with Gasteiger partial charge in [-0.15, -0.1) is 11.8 Å². The SMILES string of the molecule is Cc1cccc(SC[C@@H](O)Cn2cc([N+](=O)[O-])cn2)c1. The van der Waals surface area contributed by atoms with Crippen LogP contribution < -0.4 is 0 Å². The number of benzene rings is 1. The Morgan fingerprint density at radius 2 is 2.35 bits per heavy atom. The van der Waals surface area contributed by atoms with Crippen molar-refractivity contribution >= 4 is 17.4 Å². The second kappa shape index (κ2) is 6.53. The van der Waals surface area contributed by atoms with E-state index in [9.17, 15) is 15.2 Å². The standard InChI is InChI=1S/C13H15N3O3S/c1-10-3-2-4-13(5-10)20-9-12(17)8-15-7-11(6-14-15)16(18)19/h2-7,12,17H,8-9H2,1H3/t12-/m0/s1. The second-order valence-electron chi connectivity index (χ2n) is 4.46. The van der Waals surface area contributed by atoms with Crippen molar-refractivity contribution in [3.8, 4) is 0 Å². The molecule has 1 aromatic carbocycles. The monoisotopic (exact) mass is 293 g/mol. The molecule has 0 aliphatic carbocycles. The Morgan fingerprint density at radius 1 is 1.55 bits per heavy atom. The van der Waals surface area contributed by atoms with E-state index in [0.717, 1.165) is 4.90 Å². The molecule has 1 atom stereocenters. The number of aliphatic hydroxyl groups excluding tert-OH is 1. The van der Waals surface area contributed by atoms with Crippen LogP contribution in [0.4, 0.5) is 5.69 Å². The molecular formula is C13H15N3O3S. The van der Waals surface area contributed by atoms with Gasteiger partial charge in [0.1, 0.15) is 12.4 Å². The van der Waals surface area contributed by atoms with Gasteiger partial charge in [0, 0.05) is 10.6 Å². The second-order valence-corrected chi connectivity index (χ2v) is 5.55. The fourth-order valence-corrected chi connectivity index (χ4v) is 2.65. The van der Waals surface area contributed by atoms with Crippen molar-refractivity contribution in [2.75, 3.05) is 5.75 Å². The quantitative estimate of drug-likeness (QED) is 0.502. The molecule has 0 saturated heterocycles. The summed E-state index contributed by atoms with van der Waals surface area (Å²) >= 11 is 1.55. The summed E-state index contributed by atoms with van der Waals surface area (Å²) in [6.45, 7) is 2.26. The Labute approximate surface area is 120 Å². The number of aromatic nitrogens is 2. The zero-order chi connectivity index (χ0) is 14.5. The summed E-state index contributed by atoms with van der Waals surface area (Å²) in [5.41, 5.74) is 1.11. The van der Waals surface area contributed by atoms with Crippen molar-refractivity contribution < 1.29 is 10.0 Å². The number of aliphatic hydroxyl groups is 1. The highest BCUT2D eigenvalue weighted by Gasteiger charge is 2.12. The van der Waals surface area contributed by atoms with Crippen LogP contribution in [0.3, 0.4) is 0 Å². The summed E-state index contributed by atoms with van der Waals surface area (Å²) in [5, 5.41) is 24.3. The van der Waals surface area contributed by atoms with Gasteiger partial charge in [0.25, 0.3) is 0 Å². The Kier molecular flexibility index (Phi) is 4.75. The molecule has 0 aliphatic heterocycles. The van der Waals surface area contributed by atoms with Crippen LogP contribution in [-0.4, -0.2) is 31.7 Å². The van der Waals surface area contributed by atoms with E-state index in [1.54, 1.807) is 11.8 Å². The van der Waals surface area contributed by atoms with E-state index in [1.807, 2.05) is 25.1 Å². The van der Waals surface area contributed by atoms with E-state index in [1.165, 1.54) is 22.6 Å². The summed E-state index contributed by atoms with van der Waals surface area (Å²) in [6.07, 6.45) is 1.89. The predicted molar refractivity (Wildman–Crippen MR) is 76.8 cm³/mol. The van der Waals surface area contributed by atoms with Crippen molar-refractivity contribution in [3.63, 3.8) is 0 Å². The largest absolute Gasteiger partial charge is 0.390 e. The minimum atomic E-state index is -0.611. The highest BCUT2D eigenvalue weighted by atomic mass is 32.2. The molecule has 106 valence electrons. The summed E-state index contributed by atoms with van der Waals surface area (Å²) in [6, 6.07) is 8.03. The van der Waals surface area contributed by atoms with E-state index < -0.39 is 11.0 Å². The van der Waals surface area contributed by atoms with Crippen LogP contribution in [0.1, 0.15) is 5.56 Å². The van der Waals surface area contributed by atoms with Gasteiger partial charge in [-0.05, 0) is 19.1 Å². The smallest absolute Gasteiger partial charge is 0.306 e. The highest BCUT2D eigenvalue weighted by molar-refractivity contribution is 7.99. The first kappa shape index (κ1) is 14.5. The third kappa shape index (κ3) is 4.07. The summed E-state index contributed by atoms with van der Waals surface area (Å²) in [4.78, 5) is 11.1. The van der Waals surface area contributed by atoms with Gasteiger partial charge in [0.05, 0.1) is 17.6 Å². The topological polar surface area (TPSA) is 81.2 Å². The van der Waals surface area contributed by atoms with Crippen LogP contribution in [0.15, 0.2) is 41.6 Å². The molecule has 1 heterocycles. The molecule has 0 spiro atoms. The minimum Gasteiger partial charge on any atom is -0.390 e. The maximum Gasteiger partial charge on any atom is 0.306 e. The molecule has 7 heteroatoms. The number of thioether (sulfide) groups is 1. The molecule has 0 fully saturated rings. The fourth-order valence-electron chi connectivity index (χ4n) is 1.71. The first-order chi connectivity index (χ1) is 9.54. The van der Waals surface area contributed by atoms with Crippen molar-refractivity contribution in [3.05, 3.63) is 52.3 Å². The average Bonchev–Trinajstić information content (AvgIpc) is 2.85. The number of nitrogens with zero attached hydrogens (tertiary/aromatic N) is 3. The first-order valence-electron chi connectivity index (χ1n) is 6.09. The Hall–Kier alpha value is -1.86. The zero-order valence-corrected chi connectivity index (χ0v) is 11.8. The molecule has 6 nitrogen and oxygen atoms in total. The van der Waals surface area contributed by atoms with Gasteiger partial charge in [-0.1, -0.05) is 17.7 Å². The Bertz CT molecular complexity index is 600. The third-order valence-electron chi connectivity index (χ3n) is 2.66. The summed E-state index contributed by atoms with van der Waals surface area (Å²) in [5.74, 6) is 0.511. The highest BCUT2D eigenvalue weighted by Crippen LogP contribution is 2.20. The molecule has 0 aliphatic rings. The minimum absolute atomic E-state index is 0.0662. The first-order valence-corrected chi connectivity index (χ1v) is 7.07. The lowest BCUT2D eigenvalue weighted by molar-refractivity contribution is -0.385. The molecule has 1 N–H and O–H groups in total. The lowest BCUT2D eigenvalue weighted by Crippen LogP contribution is -2.18. The van der Waals surface area contributed by atoms with Crippen molar-refractivity contribution in [2.24, 2.45) is 0 Å². The van der Waals surface area contributed by atoms with Gasteiger partial charge in [0.15, 0.2) is 0 Å². The van der Waals surface area contributed by atoms with Gasteiger partial charge >= 0.3 is 5.69 Å². The van der Waals surface area contributed by atoms with Crippen LogP contribution in [-0.2, 0) is 6.54 Å². The normalized spacial score (nSPS) is 12.3. The summed E-state index contributed by atoms with van der Waals surface area (Å²) < 4.78 is 1.39. The molecule has 20 heavy (non-hydrogen) atoms. The molecule has 2 rings (SSSR count). The van der Waals surface area contributed by atoms with Gasteiger partial charge in [-0.3, -0.25) is 14.8 Å².